The Hall–Kier alpha value is -2.96. The Balaban J connectivity index is 1.96. The summed E-state index contributed by atoms with van der Waals surface area (Å²) in [6.45, 7) is 3.42. The zero-order valence-corrected chi connectivity index (χ0v) is 14.0. The third kappa shape index (κ3) is 5.56. The van der Waals surface area contributed by atoms with Crippen LogP contribution in [0.2, 0.25) is 0 Å². The molecule has 0 unspecified atom stereocenters. The van der Waals surface area contributed by atoms with E-state index in [0.717, 1.165) is 23.3 Å². The average Bonchev–Trinajstić information content (AvgIpc) is 2.54. The molecule has 0 bridgehead atoms. The molecular formula is C18H19F2N3O2. The maximum Gasteiger partial charge on any atom is 0.239 e. The van der Waals surface area contributed by atoms with Gasteiger partial charge in [-0.3, -0.25) is 9.59 Å². The number of carbonyl (C=O) groups is 2. The highest BCUT2D eigenvalue weighted by molar-refractivity contribution is 5.93. The van der Waals surface area contributed by atoms with Crippen LogP contribution in [0.1, 0.15) is 18.1 Å². The predicted molar refractivity (Wildman–Crippen MR) is 92.2 cm³/mol. The maximum absolute atomic E-state index is 13.4. The number of carbonyl (C=O) groups excluding carboxylic acids is 2. The summed E-state index contributed by atoms with van der Waals surface area (Å²) in [5, 5.41) is 7.82. The molecule has 0 aliphatic rings. The van der Waals surface area contributed by atoms with E-state index in [4.69, 9.17) is 0 Å². The van der Waals surface area contributed by atoms with E-state index in [2.05, 4.69) is 16.0 Å². The monoisotopic (exact) mass is 347 g/mol. The van der Waals surface area contributed by atoms with Gasteiger partial charge in [0.2, 0.25) is 11.8 Å². The molecule has 0 saturated carbocycles. The highest BCUT2D eigenvalue weighted by Crippen LogP contribution is 2.25. The standard InChI is InChI=1S/C18H19F2N3O2/c1-11-4-3-5-13(6-11)9-22-18(25)10-21-16-7-14(19)15(20)8-17(16)23-12(2)24/h3-8,21H,9-10H2,1-2H3,(H,22,25)(H,23,24). The minimum absolute atomic E-state index is 0.0675. The van der Waals surface area contributed by atoms with Crippen LogP contribution in [-0.2, 0) is 16.1 Å². The van der Waals surface area contributed by atoms with Gasteiger partial charge in [0.05, 0.1) is 17.9 Å². The van der Waals surface area contributed by atoms with Crippen molar-refractivity contribution in [3.63, 3.8) is 0 Å². The van der Waals surface area contributed by atoms with Crippen LogP contribution in [0.25, 0.3) is 0 Å². The smallest absolute Gasteiger partial charge is 0.239 e. The van der Waals surface area contributed by atoms with Crippen LogP contribution in [0.4, 0.5) is 20.2 Å². The molecule has 25 heavy (non-hydrogen) atoms. The molecule has 0 radical (unpaired) electrons. The summed E-state index contributed by atoms with van der Waals surface area (Å²) in [6, 6.07) is 9.47. The summed E-state index contributed by atoms with van der Waals surface area (Å²) in [4.78, 5) is 23.1. The highest BCUT2D eigenvalue weighted by Gasteiger charge is 2.12. The number of rotatable bonds is 6. The van der Waals surface area contributed by atoms with Gasteiger partial charge in [-0.05, 0) is 12.5 Å². The van der Waals surface area contributed by atoms with Gasteiger partial charge in [-0.15, -0.1) is 0 Å². The van der Waals surface area contributed by atoms with Gasteiger partial charge in [-0.1, -0.05) is 29.8 Å². The van der Waals surface area contributed by atoms with E-state index in [1.807, 2.05) is 31.2 Å². The largest absolute Gasteiger partial charge is 0.374 e. The Morgan fingerprint density at radius 3 is 2.36 bits per heavy atom. The number of benzene rings is 2. The second kappa shape index (κ2) is 8.23. The lowest BCUT2D eigenvalue weighted by Gasteiger charge is -2.13. The van der Waals surface area contributed by atoms with Crippen LogP contribution in [0.3, 0.4) is 0 Å². The summed E-state index contributed by atoms with van der Waals surface area (Å²) < 4.78 is 26.7. The molecule has 0 heterocycles. The van der Waals surface area contributed by atoms with E-state index in [0.29, 0.717) is 6.54 Å². The Bertz CT molecular complexity index is 794. The Morgan fingerprint density at radius 1 is 1.04 bits per heavy atom. The molecular weight excluding hydrogens is 328 g/mol. The summed E-state index contributed by atoms with van der Waals surface area (Å²) in [6.07, 6.45) is 0. The summed E-state index contributed by atoms with van der Waals surface area (Å²) >= 11 is 0. The molecule has 3 N–H and O–H groups in total. The second-order valence-corrected chi connectivity index (χ2v) is 5.61. The number of amides is 2. The first-order chi connectivity index (χ1) is 11.8. The number of hydrogen-bond donors (Lipinski definition) is 3. The highest BCUT2D eigenvalue weighted by atomic mass is 19.2. The van der Waals surface area contributed by atoms with E-state index in [1.54, 1.807) is 0 Å². The van der Waals surface area contributed by atoms with E-state index in [-0.39, 0.29) is 23.8 Å². The second-order valence-electron chi connectivity index (χ2n) is 5.61. The first-order valence-corrected chi connectivity index (χ1v) is 7.68. The summed E-state index contributed by atoms with van der Waals surface area (Å²) in [5.74, 6) is -2.91. The van der Waals surface area contributed by atoms with E-state index in [1.165, 1.54) is 6.92 Å². The molecule has 0 aromatic heterocycles. The van der Waals surface area contributed by atoms with Crippen LogP contribution < -0.4 is 16.0 Å². The molecule has 0 fully saturated rings. The van der Waals surface area contributed by atoms with Gasteiger partial charge in [-0.2, -0.15) is 0 Å². The summed E-state index contributed by atoms with van der Waals surface area (Å²) in [5.41, 5.74) is 2.24. The van der Waals surface area contributed by atoms with Gasteiger partial charge in [0, 0.05) is 25.6 Å². The van der Waals surface area contributed by atoms with Crippen molar-refractivity contribution in [2.45, 2.75) is 20.4 Å². The zero-order valence-electron chi connectivity index (χ0n) is 14.0. The van der Waals surface area contributed by atoms with Gasteiger partial charge in [0.25, 0.3) is 0 Å². The van der Waals surface area contributed by atoms with E-state index in [9.17, 15) is 18.4 Å². The number of hydrogen-bond acceptors (Lipinski definition) is 3. The minimum Gasteiger partial charge on any atom is -0.374 e. The van der Waals surface area contributed by atoms with Gasteiger partial charge in [-0.25, -0.2) is 8.78 Å². The molecule has 7 heteroatoms. The van der Waals surface area contributed by atoms with Crippen LogP contribution in [-0.4, -0.2) is 18.4 Å². The molecule has 2 rings (SSSR count). The van der Waals surface area contributed by atoms with Crippen molar-refractivity contribution in [2.75, 3.05) is 17.2 Å². The molecule has 5 nitrogen and oxygen atoms in total. The number of nitrogens with one attached hydrogen (secondary N) is 3. The fourth-order valence-electron chi connectivity index (χ4n) is 2.25. The van der Waals surface area contributed by atoms with Crippen LogP contribution >= 0.6 is 0 Å². The topological polar surface area (TPSA) is 70.2 Å². The first kappa shape index (κ1) is 18.4. The summed E-state index contributed by atoms with van der Waals surface area (Å²) in [7, 11) is 0. The molecule has 0 aliphatic heterocycles. The van der Waals surface area contributed by atoms with E-state index >= 15 is 0 Å². The zero-order chi connectivity index (χ0) is 18.4. The fourth-order valence-corrected chi connectivity index (χ4v) is 2.25. The fraction of sp³-hybridized carbons (Fsp3) is 0.222. The molecule has 2 amide bonds. The van der Waals surface area contributed by atoms with Crippen molar-refractivity contribution >= 4 is 23.2 Å². The van der Waals surface area contributed by atoms with Crippen molar-refractivity contribution in [1.29, 1.82) is 0 Å². The van der Waals surface area contributed by atoms with Gasteiger partial charge in [0.1, 0.15) is 0 Å². The molecule has 0 atom stereocenters. The first-order valence-electron chi connectivity index (χ1n) is 7.68. The normalized spacial score (nSPS) is 10.2. The molecule has 0 spiro atoms. The lowest BCUT2D eigenvalue weighted by Crippen LogP contribution is -2.29. The van der Waals surface area contributed by atoms with Crippen LogP contribution in [0.5, 0.6) is 0 Å². The number of anilines is 2. The van der Waals surface area contributed by atoms with Crippen molar-refractivity contribution in [3.8, 4) is 0 Å². The average molecular weight is 347 g/mol. The van der Waals surface area contributed by atoms with Gasteiger partial charge >= 0.3 is 0 Å². The molecule has 0 aliphatic carbocycles. The van der Waals surface area contributed by atoms with Crippen LogP contribution in [0, 0.1) is 18.6 Å². The molecule has 2 aromatic rings. The third-order valence-electron chi connectivity index (χ3n) is 3.38. The van der Waals surface area contributed by atoms with Crippen LogP contribution in [0.15, 0.2) is 36.4 Å². The molecule has 2 aromatic carbocycles. The maximum atomic E-state index is 13.4. The molecule has 132 valence electrons. The van der Waals surface area contributed by atoms with Gasteiger partial charge < -0.3 is 16.0 Å². The lowest BCUT2D eigenvalue weighted by atomic mass is 10.1. The Labute approximate surface area is 144 Å². The quantitative estimate of drug-likeness (QED) is 0.752. The SMILES string of the molecule is CC(=O)Nc1cc(F)c(F)cc1NCC(=O)NCc1cccc(C)c1. The Kier molecular flexibility index (Phi) is 6.05. The Morgan fingerprint density at radius 2 is 1.72 bits per heavy atom. The third-order valence-corrected chi connectivity index (χ3v) is 3.38. The number of halogens is 2. The lowest BCUT2D eigenvalue weighted by molar-refractivity contribution is -0.119. The van der Waals surface area contributed by atoms with Crippen molar-refractivity contribution in [3.05, 3.63) is 59.2 Å². The minimum atomic E-state index is -1.09. The predicted octanol–water partition coefficient (Wildman–Crippen LogP) is 2.96. The van der Waals surface area contributed by atoms with Crippen molar-refractivity contribution in [2.24, 2.45) is 0 Å². The number of aryl methyl sites for hydroxylation is 1. The van der Waals surface area contributed by atoms with E-state index < -0.39 is 17.5 Å². The van der Waals surface area contributed by atoms with Crippen molar-refractivity contribution in [1.82, 2.24) is 5.32 Å². The van der Waals surface area contributed by atoms with Crippen molar-refractivity contribution < 1.29 is 18.4 Å². The molecule has 0 saturated heterocycles. The van der Waals surface area contributed by atoms with Gasteiger partial charge in [0.15, 0.2) is 11.6 Å².